The van der Waals surface area contributed by atoms with Crippen LogP contribution >= 0.6 is 0 Å². The zero-order valence-corrected chi connectivity index (χ0v) is 16.2. The van der Waals surface area contributed by atoms with E-state index in [1.165, 1.54) is 7.11 Å². The van der Waals surface area contributed by atoms with Gasteiger partial charge in [-0.3, -0.25) is 9.59 Å². The molecule has 3 heterocycles. The second-order valence-corrected chi connectivity index (χ2v) is 7.31. The number of ether oxygens (including phenoxy) is 2. The fourth-order valence-electron chi connectivity index (χ4n) is 4.28. The number of imide groups is 1. The molecule has 30 heavy (non-hydrogen) atoms. The molecule has 0 radical (unpaired) electrons. The first-order valence-corrected chi connectivity index (χ1v) is 9.61. The number of nitrogens with zero attached hydrogens (tertiary/aromatic N) is 2. The minimum atomic E-state index is -0.720. The van der Waals surface area contributed by atoms with E-state index in [1.807, 2.05) is 6.08 Å². The number of amides is 2. The average Bonchev–Trinajstić information content (AvgIpc) is 3.32. The summed E-state index contributed by atoms with van der Waals surface area (Å²) in [6, 6.07) is 4.88. The van der Waals surface area contributed by atoms with E-state index in [1.54, 1.807) is 24.3 Å². The molecule has 1 aromatic heterocycles. The number of benzene rings is 1. The summed E-state index contributed by atoms with van der Waals surface area (Å²) in [6.07, 6.45) is 4.05. The monoisotopic (exact) mass is 406 g/mol. The SMILES string of the molecule is COC(=O)c1ccc2nc(N3C(=O)C4=C(CCC=C4)C3=O)c3c(c2c1)COC3CO. The van der Waals surface area contributed by atoms with Crippen LogP contribution in [0.25, 0.3) is 10.9 Å². The molecule has 0 saturated heterocycles. The molecule has 0 spiro atoms. The Hall–Kier alpha value is -3.36. The van der Waals surface area contributed by atoms with Crippen molar-refractivity contribution in [2.75, 3.05) is 18.6 Å². The molecule has 8 heteroatoms. The van der Waals surface area contributed by atoms with Crippen molar-refractivity contribution in [3.05, 3.63) is 58.2 Å². The molecule has 152 valence electrons. The van der Waals surface area contributed by atoms with Gasteiger partial charge in [-0.2, -0.15) is 0 Å². The number of anilines is 1. The van der Waals surface area contributed by atoms with Gasteiger partial charge in [0.15, 0.2) is 0 Å². The van der Waals surface area contributed by atoms with E-state index in [4.69, 9.17) is 9.47 Å². The third-order valence-corrected chi connectivity index (χ3v) is 5.73. The van der Waals surface area contributed by atoms with Gasteiger partial charge in [-0.15, -0.1) is 0 Å². The highest BCUT2D eigenvalue weighted by atomic mass is 16.5. The lowest BCUT2D eigenvalue weighted by Crippen LogP contribution is -2.33. The lowest BCUT2D eigenvalue weighted by atomic mass is 9.99. The molecule has 1 unspecified atom stereocenters. The van der Waals surface area contributed by atoms with Gasteiger partial charge in [0.25, 0.3) is 11.8 Å². The molecule has 1 N–H and O–H groups in total. The van der Waals surface area contributed by atoms with Gasteiger partial charge in [-0.1, -0.05) is 12.2 Å². The largest absolute Gasteiger partial charge is 0.465 e. The number of pyridine rings is 1. The van der Waals surface area contributed by atoms with Gasteiger partial charge in [0.2, 0.25) is 0 Å². The zero-order chi connectivity index (χ0) is 21.0. The summed E-state index contributed by atoms with van der Waals surface area (Å²) in [6.45, 7) is -0.159. The van der Waals surface area contributed by atoms with Crippen molar-refractivity contribution in [2.24, 2.45) is 0 Å². The summed E-state index contributed by atoms with van der Waals surface area (Å²) in [5.41, 5.74) is 2.93. The molecule has 0 saturated carbocycles. The standard InChI is InChI=1S/C22H18N2O6/c1-29-22(28)11-6-7-16-14(8-11)15-10-30-17(9-25)18(15)19(23-16)24-20(26)12-4-2-3-5-13(12)21(24)27/h2,4,6-8,17,25H,3,5,9-10H2,1H3. The molecule has 2 aromatic rings. The number of esters is 1. The van der Waals surface area contributed by atoms with Gasteiger partial charge in [0.05, 0.1) is 31.4 Å². The number of hydrogen-bond donors (Lipinski definition) is 1. The molecule has 5 rings (SSSR count). The van der Waals surface area contributed by atoms with Crippen LogP contribution in [0.3, 0.4) is 0 Å². The van der Waals surface area contributed by atoms with Crippen molar-refractivity contribution >= 4 is 34.5 Å². The van der Waals surface area contributed by atoms with Crippen LogP contribution in [0, 0.1) is 0 Å². The Balaban J connectivity index is 1.72. The first kappa shape index (κ1) is 18.7. The number of fused-ring (bicyclic) bond motifs is 3. The Morgan fingerprint density at radius 2 is 2.17 bits per heavy atom. The van der Waals surface area contributed by atoms with Crippen LogP contribution in [0.2, 0.25) is 0 Å². The van der Waals surface area contributed by atoms with Crippen molar-refractivity contribution in [3.8, 4) is 0 Å². The first-order valence-electron chi connectivity index (χ1n) is 9.61. The minimum Gasteiger partial charge on any atom is -0.465 e. The number of aromatic nitrogens is 1. The molecular formula is C22H18N2O6. The molecule has 1 atom stereocenters. The molecule has 0 bridgehead atoms. The van der Waals surface area contributed by atoms with Crippen LogP contribution in [0.5, 0.6) is 0 Å². The van der Waals surface area contributed by atoms with Gasteiger partial charge >= 0.3 is 5.97 Å². The second-order valence-electron chi connectivity index (χ2n) is 7.31. The Morgan fingerprint density at radius 3 is 2.90 bits per heavy atom. The van der Waals surface area contributed by atoms with Gasteiger partial charge in [0, 0.05) is 22.1 Å². The summed E-state index contributed by atoms with van der Waals surface area (Å²) in [5, 5.41) is 10.5. The number of carbonyl (C=O) groups is 3. The highest BCUT2D eigenvalue weighted by Gasteiger charge is 2.43. The van der Waals surface area contributed by atoms with Crippen LogP contribution in [0.15, 0.2) is 41.5 Å². The van der Waals surface area contributed by atoms with E-state index in [2.05, 4.69) is 4.98 Å². The fraction of sp³-hybridized carbons (Fsp3) is 0.273. The van der Waals surface area contributed by atoms with Crippen molar-refractivity contribution in [1.29, 1.82) is 0 Å². The lowest BCUT2D eigenvalue weighted by molar-refractivity contribution is -0.120. The van der Waals surface area contributed by atoms with E-state index in [-0.39, 0.29) is 24.9 Å². The number of aliphatic hydroxyl groups is 1. The van der Waals surface area contributed by atoms with Crippen LogP contribution in [-0.4, -0.2) is 41.6 Å². The molecule has 3 aliphatic rings. The smallest absolute Gasteiger partial charge is 0.337 e. The van der Waals surface area contributed by atoms with Crippen LogP contribution in [-0.2, 0) is 25.7 Å². The van der Waals surface area contributed by atoms with E-state index in [0.717, 1.165) is 4.90 Å². The third-order valence-electron chi connectivity index (χ3n) is 5.73. The van der Waals surface area contributed by atoms with Crippen molar-refractivity contribution in [1.82, 2.24) is 4.98 Å². The number of allylic oxidation sites excluding steroid dienone is 1. The van der Waals surface area contributed by atoms with Gasteiger partial charge in [0.1, 0.15) is 11.9 Å². The average molecular weight is 406 g/mol. The summed E-state index contributed by atoms with van der Waals surface area (Å²) >= 11 is 0. The van der Waals surface area contributed by atoms with Gasteiger partial charge in [-0.05, 0) is 36.6 Å². The van der Waals surface area contributed by atoms with E-state index < -0.39 is 18.0 Å². The normalized spacial score (nSPS) is 20.2. The van der Waals surface area contributed by atoms with Crippen molar-refractivity contribution < 1.29 is 29.0 Å². The van der Waals surface area contributed by atoms with E-state index >= 15 is 0 Å². The third kappa shape index (κ3) is 2.54. The predicted molar refractivity (Wildman–Crippen MR) is 106 cm³/mol. The van der Waals surface area contributed by atoms with Crippen LogP contribution in [0.4, 0.5) is 5.82 Å². The number of aliphatic hydroxyl groups excluding tert-OH is 1. The summed E-state index contributed by atoms with van der Waals surface area (Å²) in [7, 11) is 1.30. The Morgan fingerprint density at radius 1 is 1.33 bits per heavy atom. The number of carbonyl (C=O) groups excluding carboxylic acids is 3. The molecule has 1 aliphatic carbocycles. The summed E-state index contributed by atoms with van der Waals surface area (Å²) in [4.78, 5) is 43.8. The van der Waals surface area contributed by atoms with Gasteiger partial charge in [-0.25, -0.2) is 14.7 Å². The lowest BCUT2D eigenvalue weighted by Gasteiger charge is -2.20. The van der Waals surface area contributed by atoms with Gasteiger partial charge < -0.3 is 14.6 Å². The summed E-state index contributed by atoms with van der Waals surface area (Å²) < 4.78 is 10.5. The maximum atomic E-state index is 13.1. The minimum absolute atomic E-state index is 0.167. The quantitative estimate of drug-likeness (QED) is 0.615. The maximum absolute atomic E-state index is 13.1. The highest BCUT2D eigenvalue weighted by Crippen LogP contribution is 2.43. The Bertz CT molecular complexity index is 1200. The van der Waals surface area contributed by atoms with Crippen LogP contribution < -0.4 is 4.90 Å². The predicted octanol–water partition coefficient (Wildman–Crippen LogP) is 2.10. The highest BCUT2D eigenvalue weighted by molar-refractivity contribution is 6.34. The van der Waals surface area contributed by atoms with Crippen molar-refractivity contribution in [3.63, 3.8) is 0 Å². The molecule has 0 fully saturated rings. The zero-order valence-electron chi connectivity index (χ0n) is 16.2. The molecule has 2 aliphatic heterocycles. The van der Waals surface area contributed by atoms with Crippen molar-refractivity contribution in [2.45, 2.75) is 25.6 Å². The molecule has 1 aromatic carbocycles. The first-order chi connectivity index (χ1) is 14.5. The molecular weight excluding hydrogens is 388 g/mol. The van der Waals surface area contributed by atoms with E-state index in [9.17, 15) is 19.5 Å². The topological polar surface area (TPSA) is 106 Å². The van der Waals surface area contributed by atoms with Crippen LogP contribution in [0.1, 0.15) is 40.4 Å². The second kappa shape index (κ2) is 6.86. The van der Waals surface area contributed by atoms with E-state index in [0.29, 0.717) is 51.6 Å². The Kier molecular flexibility index (Phi) is 4.27. The fourth-order valence-corrected chi connectivity index (χ4v) is 4.28. The molecule has 2 amide bonds. The summed E-state index contributed by atoms with van der Waals surface area (Å²) in [5.74, 6) is -1.11. The maximum Gasteiger partial charge on any atom is 0.337 e. The number of rotatable bonds is 3. The Labute approximate surface area is 171 Å². The number of methoxy groups -OCH3 is 1. The molecule has 8 nitrogen and oxygen atoms in total. The number of hydrogen-bond acceptors (Lipinski definition) is 7.